The van der Waals surface area contributed by atoms with Crippen LogP contribution in [0, 0.1) is 0 Å². The average Bonchev–Trinajstić information content (AvgIpc) is 2.72. The quantitative estimate of drug-likeness (QED) is 0.633. The van der Waals surface area contributed by atoms with E-state index in [4.69, 9.17) is 17.4 Å². The Morgan fingerprint density at radius 1 is 1.53 bits per heavy atom. The lowest BCUT2D eigenvalue weighted by atomic mass is 10.0. The first-order valence-electron chi connectivity index (χ1n) is 5.26. The van der Waals surface area contributed by atoms with Crippen molar-refractivity contribution in [2.24, 2.45) is 12.9 Å². The second-order valence-corrected chi connectivity index (χ2v) is 4.30. The number of benzene rings is 1. The van der Waals surface area contributed by atoms with Crippen molar-refractivity contribution in [1.29, 1.82) is 0 Å². The summed E-state index contributed by atoms with van der Waals surface area (Å²) in [5.74, 6) is 5.56. The Balaban J connectivity index is 2.16. The van der Waals surface area contributed by atoms with Crippen LogP contribution in [0.4, 0.5) is 0 Å². The fourth-order valence-electron chi connectivity index (χ4n) is 1.69. The molecule has 1 aromatic carbocycles. The van der Waals surface area contributed by atoms with E-state index in [-0.39, 0.29) is 6.04 Å². The molecule has 1 aromatic heterocycles. The van der Waals surface area contributed by atoms with E-state index >= 15 is 0 Å². The summed E-state index contributed by atoms with van der Waals surface area (Å²) in [6.07, 6.45) is 2.54. The summed E-state index contributed by atoms with van der Waals surface area (Å²) >= 11 is 5.95. The third kappa shape index (κ3) is 3.03. The van der Waals surface area contributed by atoms with Crippen LogP contribution in [-0.4, -0.2) is 15.0 Å². The number of nitrogens with one attached hydrogen (secondary N) is 1. The minimum absolute atomic E-state index is 0.0228. The second kappa shape index (κ2) is 5.27. The summed E-state index contributed by atoms with van der Waals surface area (Å²) in [6.45, 7) is 0. The average molecular weight is 252 g/mol. The molecule has 2 aromatic rings. The van der Waals surface area contributed by atoms with Gasteiger partial charge in [-0.2, -0.15) is 0 Å². The number of rotatable bonds is 4. The van der Waals surface area contributed by atoms with Crippen molar-refractivity contribution < 1.29 is 0 Å². The van der Waals surface area contributed by atoms with E-state index in [9.17, 15) is 0 Å². The van der Waals surface area contributed by atoms with Crippen LogP contribution in [0.1, 0.15) is 17.3 Å². The van der Waals surface area contributed by atoms with Crippen molar-refractivity contribution in [2.45, 2.75) is 12.5 Å². The highest BCUT2D eigenvalue weighted by molar-refractivity contribution is 6.30. The van der Waals surface area contributed by atoms with Gasteiger partial charge in [-0.05, 0) is 17.7 Å². The molecule has 0 aliphatic carbocycles. The summed E-state index contributed by atoms with van der Waals surface area (Å²) in [4.78, 5) is 0. The minimum Gasteiger partial charge on any atom is -0.271 e. The van der Waals surface area contributed by atoms with E-state index in [1.807, 2.05) is 37.5 Å². The molecule has 3 N–H and O–H groups in total. The van der Waals surface area contributed by atoms with Gasteiger partial charge in [0.1, 0.15) is 0 Å². The molecule has 1 atom stereocenters. The van der Waals surface area contributed by atoms with Crippen LogP contribution in [0.25, 0.3) is 0 Å². The maximum absolute atomic E-state index is 5.95. The number of hydrogen-bond acceptors (Lipinski definition) is 4. The van der Waals surface area contributed by atoms with Crippen molar-refractivity contribution in [2.75, 3.05) is 0 Å². The fraction of sp³-hybridized carbons (Fsp3) is 0.273. The number of hydrazine groups is 1. The number of nitrogens with zero attached hydrogens (tertiary/aromatic N) is 3. The van der Waals surface area contributed by atoms with E-state index < -0.39 is 0 Å². The largest absolute Gasteiger partial charge is 0.271 e. The van der Waals surface area contributed by atoms with Crippen LogP contribution in [-0.2, 0) is 13.5 Å². The Bertz CT molecular complexity index is 496. The maximum atomic E-state index is 5.95. The molecule has 0 amide bonds. The molecule has 0 radical (unpaired) electrons. The number of halogens is 1. The predicted octanol–water partition coefficient (Wildman–Crippen LogP) is 1.22. The predicted molar refractivity (Wildman–Crippen MR) is 66.2 cm³/mol. The van der Waals surface area contributed by atoms with Gasteiger partial charge in [0.15, 0.2) is 0 Å². The molecule has 0 fully saturated rings. The zero-order valence-corrected chi connectivity index (χ0v) is 10.2. The monoisotopic (exact) mass is 251 g/mol. The molecule has 0 saturated carbocycles. The molecular formula is C11H14ClN5. The molecule has 1 heterocycles. The molecule has 0 saturated heterocycles. The smallest absolute Gasteiger partial charge is 0.0846 e. The zero-order chi connectivity index (χ0) is 12.3. The lowest BCUT2D eigenvalue weighted by Gasteiger charge is -2.14. The fourth-order valence-corrected chi connectivity index (χ4v) is 1.89. The molecule has 1 unspecified atom stereocenters. The molecule has 0 bridgehead atoms. The lowest BCUT2D eigenvalue weighted by Crippen LogP contribution is -2.29. The van der Waals surface area contributed by atoms with Gasteiger partial charge in [0.2, 0.25) is 0 Å². The first-order valence-corrected chi connectivity index (χ1v) is 5.63. The summed E-state index contributed by atoms with van der Waals surface area (Å²) < 4.78 is 1.67. The molecule has 0 spiro atoms. The van der Waals surface area contributed by atoms with Crippen molar-refractivity contribution >= 4 is 11.6 Å². The Labute approximate surface area is 105 Å². The maximum Gasteiger partial charge on any atom is 0.0846 e. The van der Waals surface area contributed by atoms with Gasteiger partial charge in [0.05, 0.1) is 11.7 Å². The molecule has 2 rings (SSSR count). The van der Waals surface area contributed by atoms with Gasteiger partial charge in [-0.15, -0.1) is 5.10 Å². The number of hydrogen-bond donors (Lipinski definition) is 2. The van der Waals surface area contributed by atoms with Crippen LogP contribution in [0.15, 0.2) is 30.5 Å². The molecule has 0 aliphatic heterocycles. The lowest BCUT2D eigenvalue weighted by molar-refractivity contribution is 0.545. The van der Waals surface area contributed by atoms with Gasteiger partial charge < -0.3 is 0 Å². The Morgan fingerprint density at radius 3 is 2.94 bits per heavy atom. The molecule has 90 valence electrons. The highest BCUT2D eigenvalue weighted by atomic mass is 35.5. The number of aromatic nitrogens is 3. The van der Waals surface area contributed by atoms with Crippen molar-refractivity contribution in [3.63, 3.8) is 0 Å². The number of nitrogens with two attached hydrogens (primary N) is 1. The van der Waals surface area contributed by atoms with Gasteiger partial charge in [0, 0.05) is 24.7 Å². The van der Waals surface area contributed by atoms with Crippen molar-refractivity contribution in [1.82, 2.24) is 20.4 Å². The summed E-state index contributed by atoms with van der Waals surface area (Å²) in [5.41, 5.74) is 4.69. The Morgan fingerprint density at radius 2 is 2.35 bits per heavy atom. The molecule has 6 heteroatoms. The standard InChI is InChI=1S/C11H14ClN5/c1-17-7-10(15-16-17)6-11(14-13)8-3-2-4-9(12)5-8/h2-5,7,11,14H,6,13H2,1H3. The van der Waals surface area contributed by atoms with Crippen LogP contribution >= 0.6 is 11.6 Å². The third-order valence-electron chi connectivity index (χ3n) is 2.52. The topological polar surface area (TPSA) is 68.8 Å². The van der Waals surface area contributed by atoms with Crippen molar-refractivity contribution in [3.05, 3.63) is 46.7 Å². The molecule has 5 nitrogen and oxygen atoms in total. The van der Waals surface area contributed by atoms with E-state index in [2.05, 4.69) is 15.7 Å². The molecule has 17 heavy (non-hydrogen) atoms. The zero-order valence-electron chi connectivity index (χ0n) is 9.47. The first kappa shape index (κ1) is 12.0. The summed E-state index contributed by atoms with van der Waals surface area (Å²) in [7, 11) is 1.83. The van der Waals surface area contributed by atoms with Crippen LogP contribution < -0.4 is 11.3 Å². The SMILES string of the molecule is Cn1cc(CC(NN)c2cccc(Cl)c2)nn1. The summed E-state index contributed by atoms with van der Waals surface area (Å²) in [6, 6.07) is 7.58. The summed E-state index contributed by atoms with van der Waals surface area (Å²) in [5, 5.41) is 8.62. The highest BCUT2D eigenvalue weighted by Crippen LogP contribution is 2.19. The van der Waals surface area contributed by atoms with E-state index in [0.29, 0.717) is 11.4 Å². The van der Waals surface area contributed by atoms with Gasteiger partial charge in [-0.3, -0.25) is 16.0 Å². The minimum atomic E-state index is -0.0228. The second-order valence-electron chi connectivity index (χ2n) is 3.86. The van der Waals surface area contributed by atoms with Crippen LogP contribution in [0.5, 0.6) is 0 Å². The van der Waals surface area contributed by atoms with Crippen LogP contribution in [0.2, 0.25) is 5.02 Å². The van der Waals surface area contributed by atoms with Crippen LogP contribution in [0.3, 0.4) is 0 Å². The third-order valence-corrected chi connectivity index (χ3v) is 2.75. The molecule has 0 aliphatic rings. The van der Waals surface area contributed by atoms with Gasteiger partial charge in [-0.25, -0.2) is 0 Å². The Kier molecular flexibility index (Phi) is 3.73. The van der Waals surface area contributed by atoms with Gasteiger partial charge in [0.25, 0.3) is 0 Å². The number of aryl methyl sites for hydroxylation is 1. The van der Waals surface area contributed by atoms with E-state index in [1.165, 1.54) is 0 Å². The highest BCUT2D eigenvalue weighted by Gasteiger charge is 2.12. The Hall–Kier alpha value is -1.43. The van der Waals surface area contributed by atoms with E-state index in [0.717, 1.165) is 11.3 Å². The van der Waals surface area contributed by atoms with Gasteiger partial charge >= 0.3 is 0 Å². The normalized spacial score (nSPS) is 12.6. The van der Waals surface area contributed by atoms with E-state index in [1.54, 1.807) is 4.68 Å². The van der Waals surface area contributed by atoms with Gasteiger partial charge in [-0.1, -0.05) is 28.9 Å². The van der Waals surface area contributed by atoms with Crippen molar-refractivity contribution in [3.8, 4) is 0 Å². The first-order chi connectivity index (χ1) is 8.19. The molecular weight excluding hydrogens is 238 g/mol.